The van der Waals surface area contributed by atoms with E-state index < -0.39 is 0 Å². The minimum atomic E-state index is 0.113. The first-order chi connectivity index (χ1) is 7.29. The highest BCUT2D eigenvalue weighted by atomic mass is 32.1. The van der Waals surface area contributed by atoms with Crippen LogP contribution >= 0.6 is 22.7 Å². The summed E-state index contributed by atoms with van der Waals surface area (Å²) < 4.78 is 0. The summed E-state index contributed by atoms with van der Waals surface area (Å²) in [6, 6.07) is 0.113. The number of nitrogens with zero attached hydrogens (tertiary/aromatic N) is 2. The van der Waals surface area contributed by atoms with Crippen molar-refractivity contribution in [1.29, 1.82) is 0 Å². The van der Waals surface area contributed by atoms with Crippen molar-refractivity contribution in [3.8, 4) is 0 Å². The average Bonchev–Trinajstić information content (AvgIpc) is 2.85. The zero-order valence-corrected chi connectivity index (χ0v) is 9.94. The summed E-state index contributed by atoms with van der Waals surface area (Å²) in [7, 11) is 0. The highest BCUT2D eigenvalue weighted by molar-refractivity contribution is 7.11. The zero-order chi connectivity index (χ0) is 10.7. The van der Waals surface area contributed by atoms with Gasteiger partial charge >= 0.3 is 0 Å². The van der Waals surface area contributed by atoms with Crippen molar-refractivity contribution in [3.05, 3.63) is 32.7 Å². The second-order valence-electron chi connectivity index (χ2n) is 3.13. The largest absolute Gasteiger partial charge is 0.271 e. The summed E-state index contributed by atoms with van der Waals surface area (Å²) in [5.74, 6) is 5.54. The van der Waals surface area contributed by atoms with Gasteiger partial charge in [-0.05, 0) is 6.92 Å². The van der Waals surface area contributed by atoms with Crippen molar-refractivity contribution in [3.63, 3.8) is 0 Å². The predicted molar refractivity (Wildman–Crippen MR) is 62.7 cm³/mol. The van der Waals surface area contributed by atoms with Crippen molar-refractivity contribution in [2.24, 2.45) is 5.84 Å². The van der Waals surface area contributed by atoms with Crippen LogP contribution in [-0.4, -0.2) is 9.97 Å². The van der Waals surface area contributed by atoms with Gasteiger partial charge in [0.2, 0.25) is 0 Å². The smallest absolute Gasteiger partial charge is 0.0944 e. The first-order valence-electron chi connectivity index (χ1n) is 4.56. The van der Waals surface area contributed by atoms with Crippen LogP contribution in [0.2, 0.25) is 0 Å². The van der Waals surface area contributed by atoms with E-state index in [0.29, 0.717) is 0 Å². The molecule has 2 aromatic rings. The molecule has 0 radical (unpaired) electrons. The van der Waals surface area contributed by atoms with Gasteiger partial charge in [-0.3, -0.25) is 11.3 Å². The van der Waals surface area contributed by atoms with E-state index in [1.165, 1.54) is 0 Å². The highest BCUT2D eigenvalue weighted by Crippen LogP contribution is 2.23. The van der Waals surface area contributed by atoms with E-state index in [2.05, 4.69) is 15.4 Å². The van der Waals surface area contributed by atoms with Crippen molar-refractivity contribution in [1.82, 2.24) is 15.4 Å². The van der Waals surface area contributed by atoms with Crippen LogP contribution in [0.3, 0.4) is 0 Å². The molecule has 6 heteroatoms. The van der Waals surface area contributed by atoms with Crippen molar-refractivity contribution < 1.29 is 0 Å². The Labute approximate surface area is 96.2 Å². The molecule has 2 rings (SSSR count). The van der Waals surface area contributed by atoms with Crippen LogP contribution < -0.4 is 11.3 Å². The van der Waals surface area contributed by atoms with Crippen molar-refractivity contribution in [2.75, 3.05) is 0 Å². The summed E-state index contributed by atoms with van der Waals surface area (Å²) in [6.07, 6.45) is 4.50. The van der Waals surface area contributed by atoms with Gasteiger partial charge in [-0.15, -0.1) is 22.7 Å². The lowest BCUT2D eigenvalue weighted by Gasteiger charge is -2.11. The molecule has 2 heterocycles. The molecule has 0 spiro atoms. The quantitative estimate of drug-likeness (QED) is 0.630. The zero-order valence-electron chi connectivity index (χ0n) is 8.30. The molecule has 0 aromatic carbocycles. The molecule has 0 aliphatic rings. The third-order valence-corrected chi connectivity index (χ3v) is 3.87. The van der Waals surface area contributed by atoms with Gasteiger partial charge in [-0.1, -0.05) is 0 Å². The number of rotatable bonds is 4. The summed E-state index contributed by atoms with van der Waals surface area (Å²) in [5.41, 5.74) is 2.81. The van der Waals surface area contributed by atoms with E-state index in [-0.39, 0.29) is 6.04 Å². The normalized spacial score (nSPS) is 12.9. The maximum absolute atomic E-state index is 5.54. The van der Waals surface area contributed by atoms with Gasteiger partial charge in [0, 0.05) is 29.1 Å². The molecule has 0 saturated heterocycles. The predicted octanol–water partition coefficient (Wildman–Crippen LogP) is 1.66. The molecule has 1 atom stereocenters. The van der Waals surface area contributed by atoms with Crippen molar-refractivity contribution >= 4 is 22.7 Å². The fourth-order valence-electron chi connectivity index (χ4n) is 1.31. The second kappa shape index (κ2) is 4.80. The first-order valence-corrected chi connectivity index (χ1v) is 6.26. The summed E-state index contributed by atoms with van der Waals surface area (Å²) in [4.78, 5) is 9.62. The highest BCUT2D eigenvalue weighted by Gasteiger charge is 2.14. The fraction of sp³-hybridized carbons (Fsp3) is 0.333. The summed E-state index contributed by atoms with van der Waals surface area (Å²) in [5, 5.41) is 4.12. The van der Waals surface area contributed by atoms with Gasteiger partial charge < -0.3 is 0 Å². The van der Waals surface area contributed by atoms with Gasteiger partial charge in [-0.2, -0.15) is 0 Å². The molecule has 4 nitrogen and oxygen atoms in total. The van der Waals surface area contributed by atoms with E-state index in [9.17, 15) is 0 Å². The number of nitrogens with one attached hydrogen (secondary N) is 1. The molecule has 0 amide bonds. The van der Waals surface area contributed by atoms with E-state index in [1.54, 1.807) is 22.7 Å². The standard InChI is InChI=1S/C9H12N4S2/c1-6-12-5-8(15-6)7(13-10)4-9-11-2-3-14-9/h2-3,5,7,13H,4,10H2,1H3. The molecule has 0 bridgehead atoms. The number of nitrogens with two attached hydrogens (primary N) is 1. The Balaban J connectivity index is 2.11. The van der Waals surface area contributed by atoms with Crippen LogP contribution in [0.4, 0.5) is 0 Å². The summed E-state index contributed by atoms with van der Waals surface area (Å²) in [6.45, 7) is 1.99. The molecule has 2 aromatic heterocycles. The van der Waals surface area contributed by atoms with Crippen LogP contribution in [-0.2, 0) is 6.42 Å². The Bertz CT molecular complexity index is 409. The molecule has 3 N–H and O–H groups in total. The minimum absolute atomic E-state index is 0.113. The fourth-order valence-corrected chi connectivity index (χ4v) is 2.82. The van der Waals surface area contributed by atoms with E-state index in [0.717, 1.165) is 21.3 Å². The third kappa shape index (κ3) is 2.60. The first kappa shape index (κ1) is 10.7. The second-order valence-corrected chi connectivity index (χ2v) is 5.38. The summed E-state index contributed by atoms with van der Waals surface area (Å²) >= 11 is 3.31. The molecule has 15 heavy (non-hydrogen) atoms. The molecule has 0 fully saturated rings. The van der Waals surface area contributed by atoms with Crippen LogP contribution in [0.15, 0.2) is 17.8 Å². The maximum Gasteiger partial charge on any atom is 0.0944 e. The number of hydrogen-bond donors (Lipinski definition) is 2. The number of hydrazine groups is 1. The number of aryl methyl sites for hydroxylation is 1. The maximum atomic E-state index is 5.54. The third-order valence-electron chi connectivity index (χ3n) is 2.05. The lowest BCUT2D eigenvalue weighted by molar-refractivity contribution is 0.558. The number of thiazole rings is 2. The Morgan fingerprint density at radius 2 is 2.40 bits per heavy atom. The molecule has 1 unspecified atom stereocenters. The molecule has 0 saturated carbocycles. The number of aromatic nitrogens is 2. The lowest BCUT2D eigenvalue weighted by Crippen LogP contribution is -2.28. The van der Waals surface area contributed by atoms with Gasteiger partial charge in [-0.25, -0.2) is 9.97 Å². The van der Waals surface area contributed by atoms with E-state index >= 15 is 0 Å². The Morgan fingerprint density at radius 3 is 2.93 bits per heavy atom. The Hall–Kier alpha value is -0.820. The minimum Gasteiger partial charge on any atom is -0.271 e. The van der Waals surface area contributed by atoms with Gasteiger partial charge in [0.05, 0.1) is 16.1 Å². The topological polar surface area (TPSA) is 63.8 Å². The van der Waals surface area contributed by atoms with Gasteiger partial charge in [0.1, 0.15) is 0 Å². The van der Waals surface area contributed by atoms with Gasteiger partial charge in [0.15, 0.2) is 0 Å². The van der Waals surface area contributed by atoms with Gasteiger partial charge in [0.25, 0.3) is 0 Å². The Kier molecular flexibility index (Phi) is 3.42. The average molecular weight is 240 g/mol. The van der Waals surface area contributed by atoms with Crippen molar-refractivity contribution in [2.45, 2.75) is 19.4 Å². The van der Waals surface area contributed by atoms with Crippen LogP contribution in [0.25, 0.3) is 0 Å². The molecular formula is C9H12N4S2. The molecule has 80 valence electrons. The van der Waals surface area contributed by atoms with Crippen LogP contribution in [0.5, 0.6) is 0 Å². The SMILES string of the molecule is Cc1ncc(C(Cc2nccs2)NN)s1. The molecular weight excluding hydrogens is 228 g/mol. The van der Waals surface area contributed by atoms with Crippen LogP contribution in [0, 0.1) is 6.92 Å². The van der Waals surface area contributed by atoms with E-state index in [4.69, 9.17) is 5.84 Å². The monoisotopic (exact) mass is 240 g/mol. The van der Waals surface area contributed by atoms with E-state index in [1.807, 2.05) is 24.7 Å². The number of hydrogen-bond acceptors (Lipinski definition) is 6. The van der Waals surface area contributed by atoms with Crippen LogP contribution in [0.1, 0.15) is 20.9 Å². The Morgan fingerprint density at radius 1 is 1.53 bits per heavy atom. The lowest BCUT2D eigenvalue weighted by atomic mass is 10.2. The molecule has 0 aliphatic carbocycles. The molecule has 0 aliphatic heterocycles.